The zero-order valence-corrected chi connectivity index (χ0v) is 7.73. The van der Waals surface area contributed by atoms with Crippen LogP contribution >= 0.6 is 0 Å². The molecule has 14 heavy (non-hydrogen) atoms. The summed E-state index contributed by atoms with van der Waals surface area (Å²) in [5.74, 6) is -3.94. The third kappa shape index (κ3) is 1.89. The summed E-state index contributed by atoms with van der Waals surface area (Å²) in [6.45, 7) is 3.50. The number of carboxylic acid groups (broad SMARTS) is 1. The molecule has 1 saturated carbocycles. The molecule has 1 aliphatic rings. The van der Waals surface area contributed by atoms with E-state index in [-0.39, 0.29) is 12.3 Å². The van der Waals surface area contributed by atoms with Gasteiger partial charge in [-0.2, -0.15) is 0 Å². The van der Waals surface area contributed by atoms with Crippen LogP contribution in [-0.4, -0.2) is 22.6 Å². The Morgan fingerprint density at radius 3 is 2.71 bits per heavy atom. The number of hydrogen-bond donors (Lipinski definition) is 1. The second-order valence-corrected chi connectivity index (χ2v) is 3.43. The molecule has 0 saturated heterocycles. The Labute approximate surface area is 81.6 Å². The SMILES string of the molecule is C=CCC1CCC(=O)C(=O)C1C(=O)O. The van der Waals surface area contributed by atoms with Crippen molar-refractivity contribution in [2.45, 2.75) is 19.3 Å². The van der Waals surface area contributed by atoms with Crippen molar-refractivity contribution < 1.29 is 19.5 Å². The molecule has 0 aromatic rings. The summed E-state index contributed by atoms with van der Waals surface area (Å²) in [4.78, 5) is 33.1. The summed E-state index contributed by atoms with van der Waals surface area (Å²) < 4.78 is 0. The molecule has 4 nitrogen and oxygen atoms in total. The van der Waals surface area contributed by atoms with Gasteiger partial charge in [0.1, 0.15) is 5.92 Å². The van der Waals surface area contributed by atoms with Crippen molar-refractivity contribution in [1.29, 1.82) is 0 Å². The number of aliphatic carboxylic acids is 1. The smallest absolute Gasteiger partial charge is 0.314 e. The maximum absolute atomic E-state index is 11.3. The van der Waals surface area contributed by atoms with Crippen LogP contribution in [0.4, 0.5) is 0 Å². The van der Waals surface area contributed by atoms with Gasteiger partial charge in [-0.25, -0.2) is 0 Å². The van der Waals surface area contributed by atoms with Crippen LogP contribution in [-0.2, 0) is 14.4 Å². The average molecular weight is 196 g/mol. The van der Waals surface area contributed by atoms with Gasteiger partial charge >= 0.3 is 5.97 Å². The highest BCUT2D eigenvalue weighted by Crippen LogP contribution is 2.28. The summed E-state index contributed by atoms with van der Waals surface area (Å²) in [6, 6.07) is 0. The molecule has 0 aromatic heterocycles. The van der Waals surface area contributed by atoms with Gasteiger partial charge in [-0.15, -0.1) is 6.58 Å². The molecule has 76 valence electrons. The van der Waals surface area contributed by atoms with Crippen molar-refractivity contribution >= 4 is 17.5 Å². The van der Waals surface area contributed by atoms with Crippen molar-refractivity contribution in [3.63, 3.8) is 0 Å². The fourth-order valence-electron chi connectivity index (χ4n) is 1.78. The predicted octanol–water partition coefficient (Wildman–Crippen LogP) is 0.811. The van der Waals surface area contributed by atoms with E-state index in [1.807, 2.05) is 0 Å². The van der Waals surface area contributed by atoms with E-state index in [0.717, 1.165) is 0 Å². The fourth-order valence-corrected chi connectivity index (χ4v) is 1.78. The lowest BCUT2D eigenvalue weighted by atomic mass is 9.76. The number of carboxylic acids is 1. The highest BCUT2D eigenvalue weighted by Gasteiger charge is 2.41. The molecular formula is C10H12O4. The molecule has 4 heteroatoms. The second kappa shape index (κ2) is 4.17. The maximum Gasteiger partial charge on any atom is 0.314 e. The fraction of sp³-hybridized carbons (Fsp3) is 0.500. The van der Waals surface area contributed by atoms with Crippen LogP contribution in [0, 0.1) is 11.8 Å². The van der Waals surface area contributed by atoms with Crippen molar-refractivity contribution in [2.75, 3.05) is 0 Å². The molecule has 0 radical (unpaired) electrons. The molecular weight excluding hydrogens is 184 g/mol. The molecule has 1 aliphatic carbocycles. The quantitative estimate of drug-likeness (QED) is 0.412. The zero-order chi connectivity index (χ0) is 10.7. The molecule has 0 heterocycles. The van der Waals surface area contributed by atoms with E-state index < -0.39 is 23.5 Å². The van der Waals surface area contributed by atoms with Crippen molar-refractivity contribution in [2.24, 2.45) is 11.8 Å². The minimum absolute atomic E-state index is 0.168. The number of Topliss-reactive ketones (excluding diaryl/α,β-unsaturated/α-hetero) is 2. The predicted molar refractivity (Wildman–Crippen MR) is 48.7 cm³/mol. The molecule has 1 N–H and O–H groups in total. The Kier molecular flexibility index (Phi) is 3.17. The first-order valence-electron chi connectivity index (χ1n) is 4.48. The molecule has 0 amide bonds. The van der Waals surface area contributed by atoms with Gasteiger partial charge in [0, 0.05) is 6.42 Å². The molecule has 1 fully saturated rings. The van der Waals surface area contributed by atoms with Gasteiger partial charge in [-0.1, -0.05) is 6.08 Å². The van der Waals surface area contributed by atoms with Crippen molar-refractivity contribution in [3.05, 3.63) is 12.7 Å². The lowest BCUT2D eigenvalue weighted by molar-refractivity contribution is -0.154. The summed E-state index contributed by atoms with van der Waals surface area (Å²) in [5, 5.41) is 8.82. The first-order valence-corrected chi connectivity index (χ1v) is 4.48. The van der Waals surface area contributed by atoms with Crippen LogP contribution in [0.5, 0.6) is 0 Å². The van der Waals surface area contributed by atoms with Crippen molar-refractivity contribution in [3.8, 4) is 0 Å². The van der Waals surface area contributed by atoms with Crippen LogP contribution < -0.4 is 0 Å². The Morgan fingerprint density at radius 2 is 2.21 bits per heavy atom. The van der Waals surface area contributed by atoms with E-state index in [4.69, 9.17) is 5.11 Å². The first-order chi connectivity index (χ1) is 6.57. The van der Waals surface area contributed by atoms with Crippen LogP contribution in [0.3, 0.4) is 0 Å². The van der Waals surface area contributed by atoms with Crippen LogP contribution in [0.1, 0.15) is 19.3 Å². The number of hydrogen-bond acceptors (Lipinski definition) is 3. The Bertz CT molecular complexity index is 292. The third-order valence-electron chi connectivity index (χ3n) is 2.51. The largest absolute Gasteiger partial charge is 0.481 e. The molecule has 1 rings (SSSR count). The maximum atomic E-state index is 11.3. The van der Waals surface area contributed by atoms with Crippen molar-refractivity contribution in [1.82, 2.24) is 0 Å². The van der Waals surface area contributed by atoms with Crippen LogP contribution in [0.15, 0.2) is 12.7 Å². The normalized spacial score (nSPS) is 27.4. The monoisotopic (exact) mass is 196 g/mol. The molecule has 2 atom stereocenters. The van der Waals surface area contributed by atoms with Gasteiger partial charge in [0.05, 0.1) is 0 Å². The van der Waals surface area contributed by atoms with E-state index in [0.29, 0.717) is 12.8 Å². The molecule has 0 aromatic carbocycles. The number of ketones is 2. The Morgan fingerprint density at radius 1 is 1.57 bits per heavy atom. The van der Waals surface area contributed by atoms with Gasteiger partial charge < -0.3 is 5.11 Å². The van der Waals surface area contributed by atoms with Crippen LogP contribution in [0.2, 0.25) is 0 Å². The van der Waals surface area contributed by atoms with E-state index >= 15 is 0 Å². The average Bonchev–Trinajstić information content (AvgIpc) is 2.11. The van der Waals surface area contributed by atoms with Gasteiger partial charge in [0.25, 0.3) is 0 Å². The summed E-state index contributed by atoms with van der Waals surface area (Å²) in [7, 11) is 0. The topological polar surface area (TPSA) is 71.4 Å². The number of rotatable bonds is 3. The molecule has 0 bridgehead atoms. The Balaban J connectivity index is 2.86. The second-order valence-electron chi connectivity index (χ2n) is 3.43. The summed E-state index contributed by atoms with van der Waals surface area (Å²) >= 11 is 0. The summed E-state index contributed by atoms with van der Waals surface area (Å²) in [6.07, 6.45) is 2.69. The van der Waals surface area contributed by atoms with Gasteiger partial charge in [-0.05, 0) is 18.8 Å². The first kappa shape index (κ1) is 10.6. The highest BCUT2D eigenvalue weighted by molar-refractivity contribution is 6.41. The minimum Gasteiger partial charge on any atom is -0.481 e. The standard InChI is InChI=1S/C10H12O4/c1-2-3-6-4-5-7(11)9(12)8(6)10(13)14/h2,6,8H,1,3-5H2,(H,13,14). The Hall–Kier alpha value is -1.45. The number of allylic oxidation sites excluding steroid dienone is 1. The molecule has 2 unspecified atom stereocenters. The number of carbonyl (C=O) groups is 3. The lowest BCUT2D eigenvalue weighted by Gasteiger charge is -2.25. The van der Waals surface area contributed by atoms with E-state index in [1.54, 1.807) is 6.08 Å². The van der Waals surface area contributed by atoms with E-state index in [1.165, 1.54) is 0 Å². The minimum atomic E-state index is -1.20. The summed E-state index contributed by atoms with van der Waals surface area (Å²) in [5.41, 5.74) is 0. The molecule has 0 spiro atoms. The lowest BCUT2D eigenvalue weighted by Crippen LogP contribution is -2.40. The molecule has 0 aliphatic heterocycles. The number of carbonyl (C=O) groups excluding carboxylic acids is 2. The van der Waals surface area contributed by atoms with Gasteiger partial charge in [0.15, 0.2) is 5.78 Å². The third-order valence-corrected chi connectivity index (χ3v) is 2.51. The van der Waals surface area contributed by atoms with E-state index in [9.17, 15) is 14.4 Å². The zero-order valence-electron chi connectivity index (χ0n) is 7.73. The highest BCUT2D eigenvalue weighted by atomic mass is 16.4. The van der Waals surface area contributed by atoms with Gasteiger partial charge in [-0.3, -0.25) is 14.4 Å². The van der Waals surface area contributed by atoms with E-state index in [2.05, 4.69) is 6.58 Å². The van der Waals surface area contributed by atoms with Gasteiger partial charge in [0.2, 0.25) is 5.78 Å². The van der Waals surface area contributed by atoms with Crippen LogP contribution in [0.25, 0.3) is 0 Å².